The van der Waals surface area contributed by atoms with E-state index >= 15 is 0 Å². The van der Waals surface area contributed by atoms with Crippen LogP contribution < -0.4 is 10.1 Å². The molecule has 0 spiro atoms. The fourth-order valence-electron chi connectivity index (χ4n) is 4.84. The number of hydrogen-bond acceptors (Lipinski definition) is 4. The summed E-state index contributed by atoms with van der Waals surface area (Å²) in [6, 6.07) is 12.4. The quantitative estimate of drug-likeness (QED) is 0.254. The molecule has 2 amide bonds. The maximum atomic E-state index is 14.3. The molecule has 6 heteroatoms. The van der Waals surface area contributed by atoms with Gasteiger partial charge in [0.15, 0.2) is 11.6 Å². The second-order valence-electron chi connectivity index (χ2n) is 11.3. The number of rotatable bonds is 13. The van der Waals surface area contributed by atoms with E-state index in [4.69, 9.17) is 4.74 Å². The molecule has 0 bridgehead atoms. The summed E-state index contributed by atoms with van der Waals surface area (Å²) in [6.07, 6.45) is 7.32. The van der Waals surface area contributed by atoms with Gasteiger partial charge in [0.2, 0.25) is 0 Å². The zero-order chi connectivity index (χ0) is 25.7. The molecule has 1 N–H and O–H groups in total. The Morgan fingerprint density at radius 2 is 1.61 bits per heavy atom. The van der Waals surface area contributed by atoms with Crippen molar-refractivity contribution in [2.24, 2.45) is 11.3 Å². The molecular weight excluding hydrogens is 455 g/mol. The Morgan fingerprint density at radius 3 is 2.25 bits per heavy atom. The fraction of sp³-hybridized carbons (Fsp3) is 0.533. The maximum Gasteiger partial charge on any atom is 0.261 e. The van der Waals surface area contributed by atoms with Gasteiger partial charge in [0.05, 0.1) is 17.7 Å². The van der Waals surface area contributed by atoms with E-state index in [0.29, 0.717) is 35.9 Å². The summed E-state index contributed by atoms with van der Waals surface area (Å²) in [5, 5.41) is 3.68. The van der Waals surface area contributed by atoms with E-state index < -0.39 is 0 Å². The van der Waals surface area contributed by atoms with E-state index in [1.165, 1.54) is 23.8 Å². The van der Waals surface area contributed by atoms with Gasteiger partial charge in [0.1, 0.15) is 0 Å². The average molecular weight is 495 g/mol. The molecule has 1 fully saturated rings. The minimum Gasteiger partial charge on any atom is -0.490 e. The van der Waals surface area contributed by atoms with E-state index in [1.807, 2.05) is 12.1 Å². The smallest absolute Gasteiger partial charge is 0.261 e. The normalized spacial score (nSPS) is 16.4. The van der Waals surface area contributed by atoms with Crippen molar-refractivity contribution in [1.82, 2.24) is 10.2 Å². The second kappa shape index (κ2) is 11.5. The Morgan fingerprint density at radius 1 is 0.972 bits per heavy atom. The molecule has 1 atom stereocenters. The Labute approximate surface area is 214 Å². The van der Waals surface area contributed by atoms with Gasteiger partial charge in [0.25, 0.3) is 11.8 Å². The largest absolute Gasteiger partial charge is 0.490 e. The van der Waals surface area contributed by atoms with Crippen LogP contribution in [0.1, 0.15) is 98.0 Å². The molecule has 36 heavy (non-hydrogen) atoms. The highest BCUT2D eigenvalue weighted by atomic mass is 19.1. The lowest BCUT2D eigenvalue weighted by Crippen LogP contribution is -2.33. The van der Waals surface area contributed by atoms with Crippen LogP contribution in [0.25, 0.3) is 0 Å². The third kappa shape index (κ3) is 6.52. The molecule has 0 radical (unpaired) electrons. The van der Waals surface area contributed by atoms with E-state index in [-0.39, 0.29) is 29.1 Å². The van der Waals surface area contributed by atoms with Crippen LogP contribution >= 0.6 is 0 Å². The summed E-state index contributed by atoms with van der Waals surface area (Å²) in [5.74, 6) is 0.295. The van der Waals surface area contributed by atoms with Crippen LogP contribution in [-0.2, 0) is 0 Å². The Kier molecular flexibility index (Phi) is 8.45. The van der Waals surface area contributed by atoms with Crippen molar-refractivity contribution >= 4 is 11.8 Å². The number of unbranched alkanes of at least 4 members (excludes halogenated alkanes) is 4. The first kappa shape index (κ1) is 26.3. The van der Waals surface area contributed by atoms with E-state index in [0.717, 1.165) is 44.2 Å². The molecule has 2 aromatic carbocycles. The van der Waals surface area contributed by atoms with Crippen LogP contribution in [0.3, 0.4) is 0 Å². The molecule has 1 aliphatic carbocycles. The second-order valence-corrected chi connectivity index (χ2v) is 11.3. The molecule has 1 unspecified atom stereocenters. The van der Waals surface area contributed by atoms with Gasteiger partial charge in [-0.1, -0.05) is 58.2 Å². The van der Waals surface area contributed by atoms with Crippen molar-refractivity contribution in [2.75, 3.05) is 19.7 Å². The number of hydrogen-bond donors (Lipinski definition) is 1. The predicted octanol–water partition coefficient (Wildman–Crippen LogP) is 6.54. The van der Waals surface area contributed by atoms with Crippen molar-refractivity contribution < 1.29 is 18.7 Å². The standard InChI is InChI=1S/C30H39FN2O3/c1-30(2,3)27(22-15-16-25(31)26(19-22)36-20-21-13-14-21)32-17-9-5-4-6-10-18-33-28(34)23-11-7-8-12-24(23)29(33)35/h7-8,11-12,15-16,19,21,27,32H,4-6,9-10,13-14,17-18,20H2,1-3H3. The van der Waals surface area contributed by atoms with Crippen LogP contribution in [0, 0.1) is 17.2 Å². The average Bonchev–Trinajstić information content (AvgIpc) is 3.64. The first-order valence-corrected chi connectivity index (χ1v) is 13.4. The SMILES string of the molecule is CC(C)(C)C(NCCCCCCCN1C(=O)c2ccccc2C1=O)c1ccc(F)c(OCC2CC2)c1. The van der Waals surface area contributed by atoms with Crippen molar-refractivity contribution in [3.63, 3.8) is 0 Å². The highest BCUT2D eigenvalue weighted by Crippen LogP contribution is 2.36. The van der Waals surface area contributed by atoms with Gasteiger partial charge in [0, 0.05) is 12.6 Å². The minimum absolute atomic E-state index is 0.0298. The van der Waals surface area contributed by atoms with Gasteiger partial charge >= 0.3 is 0 Å². The number of halogens is 1. The zero-order valence-electron chi connectivity index (χ0n) is 21.8. The number of nitrogens with zero attached hydrogens (tertiary/aromatic N) is 1. The molecule has 5 nitrogen and oxygen atoms in total. The Bertz CT molecular complexity index is 1040. The molecular formula is C30H39FN2O3. The van der Waals surface area contributed by atoms with Crippen LogP contribution in [0.5, 0.6) is 5.75 Å². The third-order valence-electron chi connectivity index (χ3n) is 7.11. The van der Waals surface area contributed by atoms with Crippen LogP contribution in [-0.4, -0.2) is 36.4 Å². The lowest BCUT2D eigenvalue weighted by molar-refractivity contribution is 0.0651. The summed E-state index contributed by atoms with van der Waals surface area (Å²) in [6.45, 7) is 8.53. The minimum atomic E-state index is -0.298. The van der Waals surface area contributed by atoms with Crippen molar-refractivity contribution in [3.8, 4) is 5.75 Å². The predicted molar refractivity (Wildman–Crippen MR) is 140 cm³/mol. The van der Waals surface area contributed by atoms with Crippen molar-refractivity contribution in [1.29, 1.82) is 0 Å². The molecule has 0 saturated heterocycles. The zero-order valence-corrected chi connectivity index (χ0v) is 21.8. The lowest BCUT2D eigenvalue weighted by Gasteiger charge is -2.32. The third-order valence-corrected chi connectivity index (χ3v) is 7.11. The number of fused-ring (bicyclic) bond motifs is 1. The van der Waals surface area contributed by atoms with Crippen molar-refractivity contribution in [2.45, 2.75) is 71.8 Å². The monoisotopic (exact) mass is 494 g/mol. The number of imide groups is 1. The summed E-state index contributed by atoms with van der Waals surface area (Å²) >= 11 is 0. The molecule has 1 aliphatic heterocycles. The molecule has 4 rings (SSSR count). The van der Waals surface area contributed by atoms with Crippen LogP contribution in [0.4, 0.5) is 4.39 Å². The van der Waals surface area contributed by atoms with Gasteiger partial charge in [-0.05, 0) is 73.4 Å². The molecule has 2 aromatic rings. The summed E-state index contributed by atoms with van der Waals surface area (Å²) < 4.78 is 20.0. The molecule has 0 aromatic heterocycles. The van der Waals surface area contributed by atoms with Gasteiger partial charge in [-0.2, -0.15) is 0 Å². The topological polar surface area (TPSA) is 58.6 Å². The van der Waals surface area contributed by atoms with Crippen LogP contribution in [0.15, 0.2) is 42.5 Å². The van der Waals surface area contributed by atoms with Gasteiger partial charge in [-0.3, -0.25) is 14.5 Å². The van der Waals surface area contributed by atoms with E-state index in [2.05, 4.69) is 26.1 Å². The first-order chi connectivity index (χ1) is 17.3. The van der Waals surface area contributed by atoms with Gasteiger partial charge in [-0.25, -0.2) is 4.39 Å². The highest BCUT2D eigenvalue weighted by Gasteiger charge is 2.34. The fourth-order valence-corrected chi connectivity index (χ4v) is 4.84. The summed E-state index contributed by atoms with van der Waals surface area (Å²) in [7, 11) is 0. The number of ether oxygens (including phenoxy) is 1. The lowest BCUT2D eigenvalue weighted by atomic mass is 9.82. The summed E-state index contributed by atoms with van der Waals surface area (Å²) in [4.78, 5) is 26.3. The van der Waals surface area contributed by atoms with Gasteiger partial charge < -0.3 is 10.1 Å². The number of carbonyl (C=O) groups is 2. The molecule has 1 heterocycles. The highest BCUT2D eigenvalue weighted by molar-refractivity contribution is 6.21. The molecule has 1 saturated carbocycles. The molecule has 2 aliphatic rings. The van der Waals surface area contributed by atoms with E-state index in [1.54, 1.807) is 24.3 Å². The Hall–Kier alpha value is -2.73. The maximum absolute atomic E-state index is 14.3. The number of amides is 2. The van der Waals surface area contributed by atoms with E-state index in [9.17, 15) is 14.0 Å². The van der Waals surface area contributed by atoms with Crippen LogP contribution in [0.2, 0.25) is 0 Å². The first-order valence-electron chi connectivity index (χ1n) is 13.4. The number of benzene rings is 2. The number of nitrogens with one attached hydrogen (secondary N) is 1. The van der Waals surface area contributed by atoms with Gasteiger partial charge in [-0.15, -0.1) is 0 Å². The Balaban J connectivity index is 1.18. The summed E-state index contributed by atoms with van der Waals surface area (Å²) in [5.41, 5.74) is 2.06. The van der Waals surface area contributed by atoms with Crippen molar-refractivity contribution in [3.05, 3.63) is 65.0 Å². The number of carbonyl (C=O) groups excluding carboxylic acids is 2. The molecule has 194 valence electrons.